The lowest BCUT2D eigenvalue weighted by Crippen LogP contribution is -2.56. The predicted molar refractivity (Wildman–Crippen MR) is 146 cm³/mol. The minimum Gasteiger partial charge on any atom is -0.337 e. The number of halogens is 1. The van der Waals surface area contributed by atoms with Gasteiger partial charge < -0.3 is 14.7 Å². The SMILES string of the molecule is CCN(CC)CC1CCCCN1C(=O)[C@H](C)N1CC[C@H](NS(=O)(=O)c2ccc3cc(Cl)ccc3c2)C1=O. The molecule has 0 aromatic heterocycles. The number of nitrogens with zero attached hydrogens (tertiary/aromatic N) is 3. The number of amides is 2. The normalized spacial score (nSPS) is 21.7. The van der Waals surface area contributed by atoms with Crippen LogP contribution in [0.4, 0.5) is 0 Å². The van der Waals surface area contributed by atoms with E-state index in [0.29, 0.717) is 24.5 Å². The van der Waals surface area contributed by atoms with Crippen LogP contribution in [0, 0.1) is 0 Å². The van der Waals surface area contributed by atoms with Gasteiger partial charge in [0.05, 0.1) is 4.90 Å². The monoisotopic (exact) mass is 548 g/mol. The minimum absolute atomic E-state index is 0.0538. The number of rotatable bonds is 9. The third-order valence-corrected chi connectivity index (χ3v) is 9.42. The quantitative estimate of drug-likeness (QED) is 0.518. The fourth-order valence-electron chi connectivity index (χ4n) is 5.45. The molecule has 1 N–H and O–H groups in total. The molecule has 4 rings (SSSR count). The van der Waals surface area contributed by atoms with Gasteiger partial charge in [0, 0.05) is 30.7 Å². The van der Waals surface area contributed by atoms with Gasteiger partial charge in [0.1, 0.15) is 12.1 Å². The highest BCUT2D eigenvalue weighted by Crippen LogP contribution is 2.25. The predicted octanol–water partition coefficient (Wildman–Crippen LogP) is 3.48. The minimum atomic E-state index is -3.93. The fraction of sp³-hybridized carbons (Fsp3) is 0.556. The molecular formula is C27H37ClN4O4S. The van der Waals surface area contributed by atoms with Crippen LogP contribution in [-0.4, -0.2) is 85.8 Å². The average Bonchev–Trinajstić information content (AvgIpc) is 3.25. The Morgan fingerprint density at radius 3 is 2.51 bits per heavy atom. The van der Waals surface area contributed by atoms with Gasteiger partial charge in [-0.05, 0) is 80.7 Å². The van der Waals surface area contributed by atoms with E-state index in [2.05, 4.69) is 23.5 Å². The zero-order chi connectivity index (χ0) is 26.7. The van der Waals surface area contributed by atoms with Crippen LogP contribution in [0.1, 0.15) is 46.5 Å². The van der Waals surface area contributed by atoms with Crippen molar-refractivity contribution in [3.63, 3.8) is 0 Å². The van der Waals surface area contributed by atoms with E-state index in [0.717, 1.165) is 49.7 Å². The summed E-state index contributed by atoms with van der Waals surface area (Å²) in [6, 6.07) is 8.64. The first kappa shape index (κ1) is 27.8. The Balaban J connectivity index is 1.44. The van der Waals surface area contributed by atoms with Gasteiger partial charge >= 0.3 is 0 Å². The molecule has 0 saturated carbocycles. The number of benzene rings is 2. The van der Waals surface area contributed by atoms with E-state index >= 15 is 0 Å². The zero-order valence-electron chi connectivity index (χ0n) is 21.8. The molecule has 37 heavy (non-hydrogen) atoms. The average molecular weight is 549 g/mol. The summed E-state index contributed by atoms with van der Waals surface area (Å²) in [4.78, 5) is 32.7. The van der Waals surface area contributed by atoms with Gasteiger partial charge in [0.25, 0.3) is 0 Å². The number of likely N-dealkylation sites (N-methyl/N-ethyl adjacent to an activating group) is 1. The first-order valence-electron chi connectivity index (χ1n) is 13.2. The zero-order valence-corrected chi connectivity index (χ0v) is 23.4. The van der Waals surface area contributed by atoms with E-state index in [1.165, 1.54) is 11.0 Å². The summed E-state index contributed by atoms with van der Waals surface area (Å²) in [5.74, 6) is -0.406. The van der Waals surface area contributed by atoms with Crippen molar-refractivity contribution < 1.29 is 18.0 Å². The van der Waals surface area contributed by atoms with E-state index in [-0.39, 0.29) is 22.8 Å². The maximum Gasteiger partial charge on any atom is 0.245 e. The third kappa shape index (κ3) is 6.11. The molecule has 10 heteroatoms. The molecule has 2 heterocycles. The summed E-state index contributed by atoms with van der Waals surface area (Å²) >= 11 is 6.03. The highest BCUT2D eigenvalue weighted by Gasteiger charge is 2.41. The highest BCUT2D eigenvalue weighted by atomic mass is 35.5. The second-order valence-electron chi connectivity index (χ2n) is 9.99. The molecule has 2 saturated heterocycles. The van der Waals surface area contributed by atoms with Crippen molar-refractivity contribution in [3.05, 3.63) is 41.4 Å². The number of fused-ring (bicyclic) bond motifs is 1. The molecule has 1 unspecified atom stereocenters. The lowest BCUT2D eigenvalue weighted by molar-refractivity contribution is -0.146. The molecule has 202 valence electrons. The van der Waals surface area contributed by atoms with Gasteiger partial charge in [0.15, 0.2) is 0 Å². The van der Waals surface area contributed by atoms with Gasteiger partial charge in [-0.3, -0.25) is 9.59 Å². The first-order valence-corrected chi connectivity index (χ1v) is 15.1. The number of likely N-dealkylation sites (tertiary alicyclic amines) is 2. The van der Waals surface area contributed by atoms with E-state index < -0.39 is 22.1 Å². The van der Waals surface area contributed by atoms with Gasteiger partial charge in [-0.15, -0.1) is 0 Å². The van der Waals surface area contributed by atoms with Gasteiger partial charge in [-0.2, -0.15) is 4.72 Å². The van der Waals surface area contributed by atoms with Crippen LogP contribution < -0.4 is 4.72 Å². The van der Waals surface area contributed by atoms with Crippen LogP contribution in [0.5, 0.6) is 0 Å². The second-order valence-corrected chi connectivity index (χ2v) is 12.1. The summed E-state index contributed by atoms with van der Waals surface area (Å²) < 4.78 is 28.8. The molecule has 0 spiro atoms. The summed E-state index contributed by atoms with van der Waals surface area (Å²) in [7, 11) is -3.93. The molecule has 2 aliphatic heterocycles. The number of piperidine rings is 1. The Hall–Kier alpha value is -2.20. The Labute approximate surface area is 225 Å². The summed E-state index contributed by atoms with van der Waals surface area (Å²) in [5.41, 5.74) is 0. The van der Waals surface area contributed by atoms with E-state index in [1.54, 1.807) is 37.3 Å². The topological polar surface area (TPSA) is 90.0 Å². The first-order chi connectivity index (χ1) is 17.6. The molecule has 2 aromatic carbocycles. The van der Waals surface area contributed by atoms with Crippen molar-refractivity contribution in [3.8, 4) is 0 Å². The van der Waals surface area contributed by atoms with Crippen molar-refractivity contribution in [2.24, 2.45) is 0 Å². The van der Waals surface area contributed by atoms with Crippen molar-refractivity contribution in [2.45, 2.75) is 69.5 Å². The number of carbonyl (C=O) groups is 2. The van der Waals surface area contributed by atoms with Crippen LogP contribution in [0.3, 0.4) is 0 Å². The van der Waals surface area contributed by atoms with Crippen molar-refractivity contribution in [1.82, 2.24) is 19.4 Å². The number of sulfonamides is 1. The lowest BCUT2D eigenvalue weighted by atomic mass is 10.00. The molecule has 0 radical (unpaired) electrons. The Bertz CT molecular complexity index is 1250. The second kappa shape index (κ2) is 11.7. The van der Waals surface area contributed by atoms with Crippen LogP contribution in [-0.2, 0) is 19.6 Å². The Kier molecular flexibility index (Phi) is 8.78. The molecule has 3 atom stereocenters. The van der Waals surface area contributed by atoms with Gasteiger partial charge in [-0.25, -0.2) is 8.42 Å². The number of hydrogen-bond donors (Lipinski definition) is 1. The van der Waals surface area contributed by atoms with E-state index in [9.17, 15) is 18.0 Å². The molecular weight excluding hydrogens is 512 g/mol. The smallest absolute Gasteiger partial charge is 0.245 e. The third-order valence-electron chi connectivity index (χ3n) is 7.72. The van der Waals surface area contributed by atoms with Crippen molar-refractivity contribution in [2.75, 3.05) is 32.7 Å². The summed E-state index contributed by atoms with van der Waals surface area (Å²) in [6.07, 6.45) is 3.34. The Morgan fingerprint density at radius 2 is 1.78 bits per heavy atom. The summed E-state index contributed by atoms with van der Waals surface area (Å²) in [5, 5.41) is 2.15. The highest BCUT2D eigenvalue weighted by molar-refractivity contribution is 7.89. The van der Waals surface area contributed by atoms with Crippen molar-refractivity contribution in [1.29, 1.82) is 0 Å². The number of hydrogen-bond acceptors (Lipinski definition) is 5. The Morgan fingerprint density at radius 1 is 1.08 bits per heavy atom. The van der Waals surface area contributed by atoms with Crippen LogP contribution in [0.15, 0.2) is 41.3 Å². The standard InChI is InChI=1S/C27H37ClN4O4S/c1-4-30(5-2)18-23-8-6-7-14-32(23)26(33)19(3)31-15-13-25(27(31)34)29-37(35,36)24-12-10-20-16-22(28)11-9-21(20)17-24/h9-12,16-17,19,23,25,29H,4-8,13-15,18H2,1-3H3/t19-,23?,25-/m0/s1. The maximum atomic E-state index is 13.5. The lowest BCUT2D eigenvalue weighted by Gasteiger charge is -2.40. The van der Waals surface area contributed by atoms with E-state index in [4.69, 9.17) is 11.6 Å². The largest absolute Gasteiger partial charge is 0.337 e. The van der Waals surface area contributed by atoms with Crippen LogP contribution in [0.25, 0.3) is 10.8 Å². The van der Waals surface area contributed by atoms with Crippen molar-refractivity contribution >= 4 is 44.2 Å². The molecule has 8 nitrogen and oxygen atoms in total. The number of nitrogens with one attached hydrogen (secondary N) is 1. The maximum absolute atomic E-state index is 13.5. The number of carbonyl (C=O) groups excluding carboxylic acids is 2. The van der Waals surface area contributed by atoms with Crippen LogP contribution in [0.2, 0.25) is 5.02 Å². The molecule has 0 bridgehead atoms. The molecule has 2 fully saturated rings. The molecule has 0 aliphatic carbocycles. The van der Waals surface area contributed by atoms with E-state index in [1.807, 2.05) is 4.90 Å². The van der Waals surface area contributed by atoms with Gasteiger partial charge in [0.2, 0.25) is 21.8 Å². The summed E-state index contributed by atoms with van der Waals surface area (Å²) in [6.45, 7) is 9.74. The van der Waals surface area contributed by atoms with Crippen LogP contribution >= 0.6 is 11.6 Å². The molecule has 2 aliphatic rings. The van der Waals surface area contributed by atoms with Gasteiger partial charge in [-0.1, -0.05) is 37.6 Å². The fourth-order valence-corrected chi connectivity index (χ4v) is 6.89. The molecule has 2 aromatic rings. The molecule has 2 amide bonds.